The van der Waals surface area contributed by atoms with Crippen molar-refractivity contribution >= 4 is 17.6 Å². The number of nitrogens with one attached hydrogen (secondary N) is 1. The fraction of sp³-hybridized carbons (Fsp3) is 0.385. The van der Waals surface area contributed by atoms with Gasteiger partial charge in [0.05, 0.1) is 5.92 Å². The Kier molecular flexibility index (Phi) is 4.71. The van der Waals surface area contributed by atoms with Crippen molar-refractivity contribution in [3.63, 3.8) is 0 Å². The smallest absolute Gasteiger partial charge is 0.308 e. The summed E-state index contributed by atoms with van der Waals surface area (Å²) in [7, 11) is 0. The second kappa shape index (κ2) is 6.05. The third-order valence-electron chi connectivity index (χ3n) is 2.78. The zero-order valence-electron chi connectivity index (χ0n) is 10.5. The predicted molar refractivity (Wildman–Crippen MR) is 69.2 cm³/mol. The van der Waals surface area contributed by atoms with E-state index in [4.69, 9.17) is 10.8 Å². The maximum absolute atomic E-state index is 11.8. The quantitative estimate of drug-likeness (QED) is 0.688. The Hall–Kier alpha value is -2.04. The molecule has 0 spiro atoms. The largest absolute Gasteiger partial charge is 0.481 e. The SMILES string of the molecule is CC(C)C(CNC(=O)c1ccc(N)cc1)C(=O)O. The topological polar surface area (TPSA) is 92.4 Å². The molecule has 0 bridgehead atoms. The molecular formula is C13H18N2O3. The third kappa shape index (κ3) is 3.76. The zero-order chi connectivity index (χ0) is 13.7. The second-order valence-corrected chi connectivity index (χ2v) is 4.52. The summed E-state index contributed by atoms with van der Waals surface area (Å²) in [6, 6.07) is 6.48. The average molecular weight is 250 g/mol. The summed E-state index contributed by atoms with van der Waals surface area (Å²) in [5.41, 5.74) is 6.57. The monoisotopic (exact) mass is 250 g/mol. The van der Waals surface area contributed by atoms with E-state index in [1.165, 1.54) is 0 Å². The second-order valence-electron chi connectivity index (χ2n) is 4.52. The maximum atomic E-state index is 11.8. The summed E-state index contributed by atoms with van der Waals surface area (Å²) >= 11 is 0. The molecule has 1 rings (SSSR count). The van der Waals surface area contributed by atoms with Crippen molar-refractivity contribution in [2.45, 2.75) is 13.8 Å². The number of nitrogens with two attached hydrogens (primary N) is 1. The number of carboxylic acid groups (broad SMARTS) is 1. The first kappa shape index (κ1) is 14.0. The zero-order valence-corrected chi connectivity index (χ0v) is 10.5. The average Bonchev–Trinajstić information content (AvgIpc) is 2.28. The number of anilines is 1. The molecule has 1 aromatic carbocycles. The van der Waals surface area contributed by atoms with Gasteiger partial charge in [0.1, 0.15) is 0 Å². The highest BCUT2D eigenvalue weighted by atomic mass is 16.4. The van der Waals surface area contributed by atoms with Crippen molar-refractivity contribution in [3.8, 4) is 0 Å². The molecule has 1 unspecified atom stereocenters. The number of carboxylic acids is 1. The van der Waals surface area contributed by atoms with Crippen LogP contribution in [0.25, 0.3) is 0 Å². The Bertz CT molecular complexity index is 426. The molecule has 1 amide bonds. The molecule has 1 aromatic rings. The number of hydrogen-bond acceptors (Lipinski definition) is 3. The molecule has 0 aliphatic carbocycles. The van der Waals surface area contributed by atoms with Crippen molar-refractivity contribution in [2.24, 2.45) is 11.8 Å². The lowest BCUT2D eigenvalue weighted by atomic mass is 9.96. The number of benzene rings is 1. The molecule has 0 heterocycles. The van der Waals surface area contributed by atoms with E-state index < -0.39 is 11.9 Å². The van der Waals surface area contributed by atoms with Crippen LogP contribution in [0.2, 0.25) is 0 Å². The first-order valence-corrected chi connectivity index (χ1v) is 5.78. The molecule has 98 valence electrons. The summed E-state index contributed by atoms with van der Waals surface area (Å²) in [4.78, 5) is 22.7. The highest BCUT2D eigenvalue weighted by Crippen LogP contribution is 2.10. The molecule has 0 fully saturated rings. The van der Waals surface area contributed by atoms with Gasteiger partial charge in [-0.1, -0.05) is 13.8 Å². The molecule has 5 heteroatoms. The van der Waals surface area contributed by atoms with Crippen LogP contribution in [0, 0.1) is 11.8 Å². The van der Waals surface area contributed by atoms with Crippen molar-refractivity contribution < 1.29 is 14.7 Å². The van der Waals surface area contributed by atoms with Gasteiger partial charge in [-0.05, 0) is 30.2 Å². The Labute approximate surface area is 106 Å². The Morgan fingerprint density at radius 2 is 1.83 bits per heavy atom. The minimum atomic E-state index is -0.900. The van der Waals surface area contributed by atoms with Crippen LogP contribution in [-0.2, 0) is 4.79 Å². The number of nitrogen functional groups attached to an aromatic ring is 1. The van der Waals surface area contributed by atoms with E-state index in [1.54, 1.807) is 24.3 Å². The van der Waals surface area contributed by atoms with Gasteiger partial charge in [0.15, 0.2) is 0 Å². The molecule has 0 aliphatic heterocycles. The first-order valence-electron chi connectivity index (χ1n) is 5.78. The molecule has 0 aliphatic rings. The summed E-state index contributed by atoms with van der Waals surface area (Å²) in [5, 5.41) is 11.6. The minimum absolute atomic E-state index is 0.0331. The van der Waals surface area contributed by atoms with E-state index in [9.17, 15) is 9.59 Å². The molecule has 4 N–H and O–H groups in total. The summed E-state index contributed by atoms with van der Waals surface area (Å²) in [6.45, 7) is 3.75. The standard InChI is InChI=1S/C13H18N2O3/c1-8(2)11(13(17)18)7-15-12(16)9-3-5-10(14)6-4-9/h3-6,8,11H,7,14H2,1-2H3,(H,15,16)(H,17,18). The van der Waals surface area contributed by atoms with Crippen molar-refractivity contribution in [1.29, 1.82) is 0 Å². The molecular weight excluding hydrogens is 232 g/mol. The molecule has 0 aromatic heterocycles. The predicted octanol–water partition coefficient (Wildman–Crippen LogP) is 1.36. The van der Waals surface area contributed by atoms with Gasteiger partial charge in [0.2, 0.25) is 0 Å². The fourth-order valence-corrected chi connectivity index (χ4v) is 1.55. The molecule has 5 nitrogen and oxygen atoms in total. The molecule has 0 radical (unpaired) electrons. The number of carbonyl (C=O) groups is 2. The first-order chi connectivity index (χ1) is 8.41. The van der Waals surface area contributed by atoms with E-state index in [1.807, 2.05) is 13.8 Å². The van der Waals surface area contributed by atoms with E-state index in [0.29, 0.717) is 11.3 Å². The highest BCUT2D eigenvalue weighted by Gasteiger charge is 2.22. The van der Waals surface area contributed by atoms with Crippen LogP contribution >= 0.6 is 0 Å². The number of hydrogen-bond donors (Lipinski definition) is 3. The van der Waals surface area contributed by atoms with Crippen LogP contribution in [0.5, 0.6) is 0 Å². The molecule has 0 saturated carbocycles. The summed E-state index contributed by atoms with van der Waals surface area (Å²) in [5.74, 6) is -1.80. The highest BCUT2D eigenvalue weighted by molar-refractivity contribution is 5.94. The fourth-order valence-electron chi connectivity index (χ4n) is 1.55. The van der Waals surface area contributed by atoms with Crippen molar-refractivity contribution in [1.82, 2.24) is 5.32 Å². The van der Waals surface area contributed by atoms with E-state index >= 15 is 0 Å². The maximum Gasteiger partial charge on any atom is 0.308 e. The number of amides is 1. The molecule has 0 saturated heterocycles. The lowest BCUT2D eigenvalue weighted by molar-refractivity contribution is -0.142. The Balaban J connectivity index is 2.60. The Morgan fingerprint density at radius 3 is 2.28 bits per heavy atom. The number of rotatable bonds is 5. The van der Waals surface area contributed by atoms with Crippen LogP contribution in [0.15, 0.2) is 24.3 Å². The van der Waals surface area contributed by atoms with Crippen molar-refractivity contribution in [3.05, 3.63) is 29.8 Å². The molecule has 18 heavy (non-hydrogen) atoms. The number of aliphatic carboxylic acids is 1. The van der Waals surface area contributed by atoms with Gasteiger partial charge in [-0.15, -0.1) is 0 Å². The van der Waals surface area contributed by atoms with Gasteiger partial charge in [-0.3, -0.25) is 9.59 Å². The normalized spacial score (nSPS) is 12.2. The van der Waals surface area contributed by atoms with Crippen LogP contribution in [0.3, 0.4) is 0 Å². The summed E-state index contributed by atoms with van der Waals surface area (Å²) in [6.07, 6.45) is 0. The van der Waals surface area contributed by atoms with Gasteiger partial charge in [-0.25, -0.2) is 0 Å². The van der Waals surface area contributed by atoms with Gasteiger partial charge in [0.25, 0.3) is 5.91 Å². The van der Waals surface area contributed by atoms with Gasteiger partial charge < -0.3 is 16.2 Å². The lowest BCUT2D eigenvalue weighted by Crippen LogP contribution is -2.35. The third-order valence-corrected chi connectivity index (χ3v) is 2.78. The molecule has 1 atom stereocenters. The summed E-state index contributed by atoms with van der Waals surface area (Å²) < 4.78 is 0. The van der Waals surface area contributed by atoms with Crippen LogP contribution in [-0.4, -0.2) is 23.5 Å². The van der Waals surface area contributed by atoms with Gasteiger partial charge >= 0.3 is 5.97 Å². The van der Waals surface area contributed by atoms with Crippen LogP contribution < -0.4 is 11.1 Å². The Morgan fingerprint density at radius 1 is 1.28 bits per heavy atom. The number of carbonyl (C=O) groups excluding carboxylic acids is 1. The van der Waals surface area contributed by atoms with Gasteiger partial charge in [-0.2, -0.15) is 0 Å². The van der Waals surface area contributed by atoms with E-state index in [0.717, 1.165) is 0 Å². The lowest BCUT2D eigenvalue weighted by Gasteiger charge is -2.16. The van der Waals surface area contributed by atoms with Crippen molar-refractivity contribution in [2.75, 3.05) is 12.3 Å². The minimum Gasteiger partial charge on any atom is -0.481 e. The van der Waals surface area contributed by atoms with Crippen LogP contribution in [0.4, 0.5) is 5.69 Å². The van der Waals surface area contributed by atoms with Crippen LogP contribution in [0.1, 0.15) is 24.2 Å². The van der Waals surface area contributed by atoms with Gasteiger partial charge in [0, 0.05) is 17.8 Å². The van der Waals surface area contributed by atoms with E-state index in [2.05, 4.69) is 5.32 Å². The van der Waals surface area contributed by atoms with E-state index in [-0.39, 0.29) is 18.4 Å².